The van der Waals surface area contributed by atoms with E-state index in [1.807, 2.05) is 0 Å². The fourth-order valence-corrected chi connectivity index (χ4v) is 4.12. The van der Waals surface area contributed by atoms with Crippen LogP contribution in [-0.2, 0) is 9.22 Å². The Kier molecular flexibility index (Phi) is 6.81. The summed E-state index contributed by atoms with van der Waals surface area (Å²) in [6.45, 7) is 10.9. The first kappa shape index (κ1) is 17.8. The molecule has 0 bridgehead atoms. The number of hydrogen-bond donors (Lipinski definition) is 1. The van der Waals surface area contributed by atoms with Crippen molar-refractivity contribution in [3.8, 4) is 0 Å². The first-order chi connectivity index (χ1) is 9.27. The summed E-state index contributed by atoms with van der Waals surface area (Å²) in [6, 6.07) is 0. The molecule has 1 N–H and O–H groups in total. The Morgan fingerprint density at radius 3 is 2.50 bits per heavy atom. The molecule has 1 rings (SSSR count). The van der Waals surface area contributed by atoms with Gasteiger partial charge in [0.2, 0.25) is 0 Å². The summed E-state index contributed by atoms with van der Waals surface area (Å²) in [5.74, 6) is 2.25. The highest BCUT2D eigenvalue weighted by Gasteiger charge is 2.40. The standard InChI is InChI=1S/C15H27O3SSi/c1-15(2,3)11-10-12(17)14(13(11)18-20(4)5)19-9-7-6-8-16/h11,16H,6-10H2,1-5H3. The number of carbonyl (C=O) groups excluding carboxylic acids is 1. The molecular formula is C15H27O3SSi. The summed E-state index contributed by atoms with van der Waals surface area (Å²) in [5.41, 5.74) is 0.0513. The van der Waals surface area contributed by atoms with Crippen LogP contribution in [0.2, 0.25) is 13.1 Å². The predicted molar refractivity (Wildman–Crippen MR) is 86.9 cm³/mol. The normalized spacial score (nSPS) is 20.1. The van der Waals surface area contributed by atoms with Gasteiger partial charge < -0.3 is 9.53 Å². The molecule has 0 aromatic heterocycles. The Morgan fingerprint density at radius 1 is 1.35 bits per heavy atom. The molecule has 0 heterocycles. The van der Waals surface area contributed by atoms with Crippen molar-refractivity contribution >= 4 is 26.6 Å². The highest BCUT2D eigenvalue weighted by atomic mass is 32.2. The van der Waals surface area contributed by atoms with Crippen molar-refractivity contribution in [3.05, 3.63) is 10.7 Å². The number of unbranched alkanes of at least 4 members (excludes halogenated alkanes) is 1. The Labute approximate surface area is 128 Å². The fraction of sp³-hybridized carbons (Fsp3) is 0.800. The van der Waals surface area contributed by atoms with Gasteiger partial charge in [-0.25, -0.2) is 0 Å². The van der Waals surface area contributed by atoms with E-state index in [2.05, 4.69) is 33.9 Å². The molecule has 1 unspecified atom stereocenters. The second kappa shape index (κ2) is 7.66. The smallest absolute Gasteiger partial charge is 0.273 e. The molecule has 0 saturated heterocycles. The summed E-state index contributed by atoms with van der Waals surface area (Å²) in [5, 5.41) is 8.82. The highest BCUT2D eigenvalue weighted by Crippen LogP contribution is 2.45. The molecule has 1 atom stereocenters. The second-order valence-electron chi connectivity index (χ2n) is 6.53. The number of Topliss-reactive ketones (excluding diaryl/α,β-unsaturated/α-hetero) is 1. The zero-order valence-electron chi connectivity index (χ0n) is 13.3. The predicted octanol–water partition coefficient (Wildman–Crippen LogP) is 3.61. The number of aliphatic hydroxyl groups excluding tert-OH is 1. The van der Waals surface area contributed by atoms with E-state index in [0.717, 1.165) is 29.3 Å². The van der Waals surface area contributed by atoms with Gasteiger partial charge in [0.1, 0.15) is 5.76 Å². The van der Waals surface area contributed by atoms with E-state index in [0.29, 0.717) is 6.42 Å². The zero-order valence-corrected chi connectivity index (χ0v) is 15.1. The molecular weight excluding hydrogens is 288 g/mol. The van der Waals surface area contributed by atoms with Crippen molar-refractivity contribution in [2.24, 2.45) is 11.3 Å². The average molecular weight is 316 g/mol. The molecule has 0 fully saturated rings. The number of carbonyl (C=O) groups is 1. The lowest BCUT2D eigenvalue weighted by molar-refractivity contribution is -0.115. The molecule has 0 spiro atoms. The minimum atomic E-state index is -0.863. The van der Waals surface area contributed by atoms with Gasteiger partial charge in [-0.2, -0.15) is 0 Å². The van der Waals surface area contributed by atoms with Crippen molar-refractivity contribution < 1.29 is 14.3 Å². The Hall–Kier alpha value is -0.263. The van der Waals surface area contributed by atoms with E-state index in [9.17, 15) is 4.79 Å². The van der Waals surface area contributed by atoms with E-state index in [1.165, 1.54) is 0 Å². The third-order valence-electron chi connectivity index (χ3n) is 3.34. The molecule has 5 heteroatoms. The van der Waals surface area contributed by atoms with Gasteiger partial charge in [-0.05, 0) is 37.1 Å². The van der Waals surface area contributed by atoms with Crippen molar-refractivity contribution in [1.82, 2.24) is 0 Å². The SMILES string of the molecule is C[Si](C)OC1=C(SCCCCO)C(=O)CC1C(C)(C)C. The quantitative estimate of drug-likeness (QED) is 0.576. The molecule has 0 saturated carbocycles. The Balaban J connectivity index is 2.87. The monoisotopic (exact) mass is 315 g/mol. The molecule has 3 nitrogen and oxygen atoms in total. The first-order valence-corrected chi connectivity index (χ1v) is 10.7. The van der Waals surface area contributed by atoms with E-state index < -0.39 is 9.04 Å². The van der Waals surface area contributed by atoms with Crippen LogP contribution < -0.4 is 0 Å². The molecule has 1 aliphatic rings. The maximum absolute atomic E-state index is 12.3. The van der Waals surface area contributed by atoms with E-state index >= 15 is 0 Å². The number of allylic oxidation sites excluding steroid dienone is 2. The molecule has 20 heavy (non-hydrogen) atoms. The van der Waals surface area contributed by atoms with Crippen molar-refractivity contribution in [2.45, 2.75) is 53.1 Å². The summed E-state index contributed by atoms with van der Waals surface area (Å²) < 4.78 is 6.08. The largest absolute Gasteiger partial charge is 0.544 e. The zero-order chi connectivity index (χ0) is 15.3. The van der Waals surface area contributed by atoms with Crippen LogP contribution in [0.15, 0.2) is 10.7 Å². The van der Waals surface area contributed by atoms with Crippen LogP contribution in [0.3, 0.4) is 0 Å². The maximum Gasteiger partial charge on any atom is 0.273 e. The number of aliphatic hydroxyl groups is 1. The van der Waals surface area contributed by atoms with Crippen LogP contribution in [0.25, 0.3) is 0 Å². The van der Waals surface area contributed by atoms with E-state index in [4.69, 9.17) is 9.53 Å². The Morgan fingerprint density at radius 2 is 2.00 bits per heavy atom. The lowest BCUT2D eigenvalue weighted by Gasteiger charge is -2.29. The first-order valence-electron chi connectivity index (χ1n) is 7.26. The molecule has 0 amide bonds. The number of hydrogen-bond acceptors (Lipinski definition) is 4. The van der Waals surface area contributed by atoms with Gasteiger partial charge in [-0.3, -0.25) is 4.79 Å². The van der Waals surface area contributed by atoms with Gasteiger partial charge in [0.15, 0.2) is 5.78 Å². The molecule has 1 aliphatic carbocycles. The topological polar surface area (TPSA) is 46.5 Å². The summed E-state index contributed by atoms with van der Waals surface area (Å²) in [6.07, 6.45) is 2.31. The maximum atomic E-state index is 12.3. The van der Waals surface area contributed by atoms with Gasteiger partial charge in [0.25, 0.3) is 9.04 Å². The molecule has 0 aliphatic heterocycles. The number of rotatable bonds is 7. The second-order valence-corrected chi connectivity index (χ2v) is 9.65. The lowest BCUT2D eigenvalue weighted by atomic mass is 9.79. The van der Waals surface area contributed by atoms with Gasteiger partial charge in [0, 0.05) is 18.9 Å². The van der Waals surface area contributed by atoms with Crippen LogP contribution in [0.5, 0.6) is 0 Å². The van der Waals surface area contributed by atoms with E-state index in [-0.39, 0.29) is 23.7 Å². The van der Waals surface area contributed by atoms with Crippen LogP contribution in [0.1, 0.15) is 40.0 Å². The fourth-order valence-electron chi connectivity index (χ4n) is 2.24. The van der Waals surface area contributed by atoms with Crippen LogP contribution >= 0.6 is 11.8 Å². The average Bonchev–Trinajstić information content (AvgIpc) is 2.61. The minimum absolute atomic E-state index is 0.0513. The number of thioether (sulfide) groups is 1. The summed E-state index contributed by atoms with van der Waals surface area (Å²) in [4.78, 5) is 13.1. The van der Waals surface area contributed by atoms with Gasteiger partial charge in [-0.1, -0.05) is 20.8 Å². The van der Waals surface area contributed by atoms with Crippen LogP contribution in [0, 0.1) is 11.3 Å². The van der Waals surface area contributed by atoms with E-state index in [1.54, 1.807) is 11.8 Å². The molecule has 1 radical (unpaired) electrons. The highest BCUT2D eigenvalue weighted by molar-refractivity contribution is 8.04. The van der Waals surface area contributed by atoms with Crippen molar-refractivity contribution in [1.29, 1.82) is 0 Å². The summed E-state index contributed by atoms with van der Waals surface area (Å²) >= 11 is 1.61. The third kappa shape index (κ3) is 4.93. The molecule has 0 aromatic carbocycles. The summed E-state index contributed by atoms with van der Waals surface area (Å²) in [7, 11) is -0.863. The van der Waals surface area contributed by atoms with Crippen molar-refractivity contribution in [3.63, 3.8) is 0 Å². The lowest BCUT2D eigenvalue weighted by Crippen LogP contribution is -2.24. The van der Waals surface area contributed by atoms with Gasteiger partial charge in [0.05, 0.1) is 4.91 Å². The molecule has 115 valence electrons. The van der Waals surface area contributed by atoms with Crippen molar-refractivity contribution in [2.75, 3.05) is 12.4 Å². The number of ketones is 1. The van der Waals surface area contributed by atoms with Gasteiger partial charge in [-0.15, -0.1) is 11.8 Å². The van der Waals surface area contributed by atoms with Crippen LogP contribution in [0.4, 0.5) is 0 Å². The third-order valence-corrected chi connectivity index (χ3v) is 5.18. The minimum Gasteiger partial charge on any atom is -0.544 e. The van der Waals surface area contributed by atoms with Crippen LogP contribution in [-0.4, -0.2) is 32.3 Å². The van der Waals surface area contributed by atoms with Gasteiger partial charge >= 0.3 is 0 Å². The molecule has 0 aromatic rings. The Bertz CT molecular complexity index is 372.